The van der Waals surface area contributed by atoms with Gasteiger partial charge in [0.1, 0.15) is 18.5 Å². The van der Waals surface area contributed by atoms with E-state index >= 15 is 0 Å². The van der Waals surface area contributed by atoms with Crippen LogP contribution in [0.2, 0.25) is 0 Å². The fourth-order valence-corrected chi connectivity index (χ4v) is 8.83. The van der Waals surface area contributed by atoms with Crippen LogP contribution in [-0.4, -0.2) is 30.4 Å². The van der Waals surface area contributed by atoms with E-state index in [1.165, 1.54) is 13.8 Å². The van der Waals surface area contributed by atoms with Crippen LogP contribution in [0.5, 0.6) is 0 Å². The highest BCUT2D eigenvalue weighted by Crippen LogP contribution is 2.68. The summed E-state index contributed by atoms with van der Waals surface area (Å²) in [6.45, 7) is 9.95. The summed E-state index contributed by atoms with van der Waals surface area (Å²) in [6, 6.07) is 0. The number of rotatable bonds is 4. The van der Waals surface area contributed by atoms with Gasteiger partial charge in [-0.1, -0.05) is 20.8 Å². The third kappa shape index (κ3) is 3.74. The van der Waals surface area contributed by atoms with Gasteiger partial charge >= 0.3 is 11.9 Å². The lowest BCUT2D eigenvalue weighted by molar-refractivity contribution is -0.196. The molecule has 4 saturated carbocycles. The molecule has 10 atom stereocenters. The Morgan fingerprint density at radius 2 is 1.55 bits per heavy atom. The number of hydrogen-bond donors (Lipinski definition) is 0. The van der Waals surface area contributed by atoms with Gasteiger partial charge in [0.15, 0.2) is 0 Å². The summed E-state index contributed by atoms with van der Waals surface area (Å²) in [6.07, 6.45) is 9.35. The van der Waals surface area contributed by atoms with Gasteiger partial charge in [-0.05, 0) is 85.9 Å². The number of esters is 2. The fraction of sp³-hybridized carbons (Fsp3) is 0.885. The Balaban J connectivity index is 1.65. The van der Waals surface area contributed by atoms with E-state index in [9.17, 15) is 14.4 Å². The second kappa shape index (κ2) is 8.19. The Labute approximate surface area is 187 Å². The molecular weight excluding hydrogens is 392 g/mol. The maximum Gasteiger partial charge on any atom is 0.302 e. The molecule has 0 spiro atoms. The molecule has 0 aromatic heterocycles. The minimum absolute atomic E-state index is 0.0109. The molecule has 5 heteroatoms. The van der Waals surface area contributed by atoms with E-state index in [4.69, 9.17) is 9.47 Å². The summed E-state index contributed by atoms with van der Waals surface area (Å²) in [5.74, 6) is 1.94. The Morgan fingerprint density at radius 3 is 2.19 bits per heavy atom. The predicted molar refractivity (Wildman–Crippen MR) is 117 cm³/mol. The van der Waals surface area contributed by atoms with Gasteiger partial charge in [0.05, 0.1) is 0 Å². The molecule has 0 aromatic carbocycles. The highest BCUT2D eigenvalue weighted by Gasteiger charge is 2.64. The molecule has 0 saturated heterocycles. The summed E-state index contributed by atoms with van der Waals surface area (Å²) in [5, 5.41) is 0. The molecule has 0 amide bonds. The molecule has 4 fully saturated rings. The molecule has 4 aliphatic rings. The van der Waals surface area contributed by atoms with Crippen molar-refractivity contribution in [1.29, 1.82) is 0 Å². The van der Waals surface area contributed by atoms with Crippen molar-refractivity contribution in [2.24, 2.45) is 46.3 Å². The number of fused-ring (bicyclic) bond motifs is 5. The molecule has 0 aliphatic heterocycles. The van der Waals surface area contributed by atoms with Gasteiger partial charge in [-0.3, -0.25) is 9.59 Å². The highest BCUT2D eigenvalue weighted by atomic mass is 16.5. The molecule has 0 unspecified atom stereocenters. The smallest absolute Gasteiger partial charge is 0.302 e. The van der Waals surface area contributed by atoms with E-state index in [1.54, 1.807) is 0 Å². The van der Waals surface area contributed by atoms with Crippen molar-refractivity contribution in [3.05, 3.63) is 0 Å². The first kappa shape index (κ1) is 22.8. The van der Waals surface area contributed by atoms with Crippen molar-refractivity contribution in [1.82, 2.24) is 0 Å². The lowest BCUT2D eigenvalue weighted by Crippen LogP contribution is -2.59. The van der Waals surface area contributed by atoms with Crippen molar-refractivity contribution in [3.63, 3.8) is 0 Å². The number of carbonyl (C=O) groups is 3. The molecule has 0 radical (unpaired) electrons. The molecule has 31 heavy (non-hydrogen) atoms. The lowest BCUT2D eigenvalue weighted by atomic mass is 9.43. The highest BCUT2D eigenvalue weighted by molar-refractivity contribution is 5.66. The third-order valence-electron chi connectivity index (χ3n) is 10.2. The van der Waals surface area contributed by atoms with Crippen LogP contribution in [0.15, 0.2) is 0 Å². The van der Waals surface area contributed by atoms with Crippen molar-refractivity contribution in [2.45, 2.75) is 98.2 Å². The first-order chi connectivity index (χ1) is 14.6. The van der Waals surface area contributed by atoms with E-state index in [1.807, 2.05) is 0 Å². The summed E-state index contributed by atoms with van der Waals surface area (Å²) in [5.41, 5.74) is 0.353. The first-order valence-corrected chi connectivity index (χ1v) is 12.4. The minimum Gasteiger partial charge on any atom is -0.463 e. The van der Waals surface area contributed by atoms with E-state index in [2.05, 4.69) is 20.8 Å². The second-order valence-electron chi connectivity index (χ2n) is 11.6. The van der Waals surface area contributed by atoms with Crippen LogP contribution in [0.3, 0.4) is 0 Å². The van der Waals surface area contributed by atoms with Crippen LogP contribution in [-0.2, 0) is 23.9 Å². The molecule has 4 rings (SSSR count). The quantitative estimate of drug-likeness (QED) is 0.464. The summed E-state index contributed by atoms with van der Waals surface area (Å²) >= 11 is 0. The van der Waals surface area contributed by atoms with Gasteiger partial charge in [0.25, 0.3) is 0 Å². The van der Waals surface area contributed by atoms with Crippen molar-refractivity contribution in [3.8, 4) is 0 Å². The maximum atomic E-state index is 12.1. The molecule has 4 aliphatic carbocycles. The zero-order valence-corrected chi connectivity index (χ0v) is 19.9. The van der Waals surface area contributed by atoms with E-state index in [-0.39, 0.29) is 40.9 Å². The van der Waals surface area contributed by atoms with Gasteiger partial charge in [-0.25, -0.2) is 0 Å². The normalized spacial score (nSPS) is 47.3. The molecule has 0 aromatic rings. The Hall–Kier alpha value is -1.39. The maximum absolute atomic E-state index is 12.1. The van der Waals surface area contributed by atoms with Crippen LogP contribution in [0, 0.1) is 46.3 Å². The van der Waals surface area contributed by atoms with Crippen molar-refractivity contribution < 1.29 is 23.9 Å². The monoisotopic (exact) mass is 432 g/mol. The molecule has 5 nitrogen and oxygen atoms in total. The number of hydrogen-bond acceptors (Lipinski definition) is 5. The topological polar surface area (TPSA) is 69.7 Å². The first-order valence-electron chi connectivity index (χ1n) is 12.4. The van der Waals surface area contributed by atoms with Crippen LogP contribution in [0.1, 0.15) is 86.0 Å². The number of ether oxygens (including phenoxy) is 2. The summed E-state index contributed by atoms with van der Waals surface area (Å²) in [7, 11) is 0. The predicted octanol–water partition coefficient (Wildman–Crippen LogP) is 4.95. The Bertz CT molecular complexity index is 733. The molecule has 0 heterocycles. The summed E-state index contributed by atoms with van der Waals surface area (Å²) < 4.78 is 11.6. The van der Waals surface area contributed by atoms with Gasteiger partial charge in [-0.2, -0.15) is 0 Å². The van der Waals surface area contributed by atoms with E-state index in [0.717, 1.165) is 57.7 Å². The van der Waals surface area contributed by atoms with Gasteiger partial charge in [0.2, 0.25) is 0 Å². The van der Waals surface area contributed by atoms with Gasteiger partial charge in [0, 0.05) is 25.7 Å². The lowest BCUT2D eigenvalue weighted by Gasteiger charge is -2.62. The molecule has 174 valence electrons. The zero-order chi connectivity index (χ0) is 22.6. The van der Waals surface area contributed by atoms with Crippen LogP contribution < -0.4 is 0 Å². The number of carbonyl (C=O) groups excluding carboxylic acids is 3. The molecule has 0 bridgehead atoms. The van der Waals surface area contributed by atoms with Gasteiger partial charge in [-0.15, -0.1) is 0 Å². The molecular formula is C26H40O5. The second-order valence-corrected chi connectivity index (χ2v) is 11.6. The SMILES string of the molecule is CC(=O)O[C@@H]1CC[C@@]2(C)[C@@H](C1)C[C@@H](OC(C)=O)[C@@H]1[C@@H]2CC[C@]2(C)[C@@H]([C@H](C)C=O)CC[C@@H]12. The van der Waals surface area contributed by atoms with Crippen LogP contribution in [0.4, 0.5) is 0 Å². The van der Waals surface area contributed by atoms with E-state index < -0.39 is 0 Å². The minimum atomic E-state index is -0.200. The largest absolute Gasteiger partial charge is 0.463 e. The number of aldehydes is 1. The van der Waals surface area contributed by atoms with Gasteiger partial charge < -0.3 is 14.3 Å². The zero-order valence-electron chi connectivity index (χ0n) is 19.9. The van der Waals surface area contributed by atoms with Crippen molar-refractivity contribution in [2.75, 3.05) is 0 Å². The molecule has 0 N–H and O–H groups in total. The van der Waals surface area contributed by atoms with E-state index in [0.29, 0.717) is 29.6 Å². The van der Waals surface area contributed by atoms with Crippen LogP contribution in [0.25, 0.3) is 0 Å². The van der Waals surface area contributed by atoms with Crippen LogP contribution >= 0.6 is 0 Å². The Kier molecular flexibility index (Phi) is 6.02. The standard InChI is InChI=1S/C26H40O5/c1-15(14-27)20-6-7-21-24-22(9-11-26(20,21)5)25(4)10-8-19(30-16(2)28)12-18(25)13-23(24)31-17(3)29/h14-15,18-24H,6-13H2,1-5H3/t15-,18+,19-,20-,21+,22+,23-,24+,25+,26-/m1/s1. The fourth-order valence-electron chi connectivity index (χ4n) is 8.83. The average Bonchev–Trinajstić information content (AvgIpc) is 3.04. The third-order valence-corrected chi connectivity index (χ3v) is 10.2. The average molecular weight is 433 g/mol. The summed E-state index contributed by atoms with van der Waals surface area (Å²) in [4.78, 5) is 35.3. The van der Waals surface area contributed by atoms with Crippen molar-refractivity contribution >= 4 is 18.2 Å². The Morgan fingerprint density at radius 1 is 0.903 bits per heavy atom.